The fraction of sp³-hybridized carbons (Fsp3) is 0.429. The number of carbonyl (C=O) groups is 3. The highest BCUT2D eigenvalue weighted by molar-refractivity contribution is 6.09. The Morgan fingerprint density at radius 3 is 2.52 bits per heavy atom. The zero-order chi connectivity index (χ0) is 21.6. The number of alkyl carbamates (subject to hydrolysis) is 1. The highest BCUT2D eigenvalue weighted by atomic mass is 16.5. The summed E-state index contributed by atoms with van der Waals surface area (Å²) in [5, 5.41) is 14.0. The van der Waals surface area contributed by atoms with Gasteiger partial charge in [0.15, 0.2) is 0 Å². The van der Waals surface area contributed by atoms with Crippen molar-refractivity contribution in [3.8, 4) is 0 Å². The zero-order valence-corrected chi connectivity index (χ0v) is 17.1. The molecule has 156 valence electrons. The third-order valence-electron chi connectivity index (χ3n) is 4.75. The molecule has 0 spiro atoms. The molecule has 0 aliphatic carbocycles. The van der Waals surface area contributed by atoms with E-state index in [1.54, 1.807) is 26.0 Å². The highest BCUT2D eigenvalue weighted by Gasteiger charge is 2.34. The third-order valence-corrected chi connectivity index (χ3v) is 4.75. The highest BCUT2D eigenvalue weighted by Crippen LogP contribution is 2.26. The fourth-order valence-electron chi connectivity index (χ4n) is 2.99. The molecule has 2 rings (SSSR count). The quantitative estimate of drug-likeness (QED) is 0.523. The van der Waals surface area contributed by atoms with Crippen LogP contribution in [0.15, 0.2) is 35.7 Å². The largest absolute Gasteiger partial charge is 0.448 e. The summed E-state index contributed by atoms with van der Waals surface area (Å²) in [6, 6.07) is 6.25. The normalized spacial score (nSPS) is 17.6. The van der Waals surface area contributed by atoms with Crippen molar-refractivity contribution >= 4 is 23.6 Å². The molecule has 0 atom stereocenters. The molecule has 1 aliphatic rings. The SMILES string of the molecule is CCCCCC(NC(=O)c1ccccc1C(N)=O)=C1NC(=O)OCC(C)(C)C1=N. The number of cyclic esters (lactones) is 1. The minimum atomic E-state index is -0.722. The number of carbonyl (C=O) groups excluding carboxylic acids is 3. The second-order valence-electron chi connectivity index (χ2n) is 7.63. The summed E-state index contributed by atoms with van der Waals surface area (Å²) >= 11 is 0. The molecule has 1 aromatic carbocycles. The lowest BCUT2D eigenvalue weighted by Gasteiger charge is -2.24. The van der Waals surface area contributed by atoms with E-state index in [4.69, 9.17) is 15.9 Å². The first-order valence-electron chi connectivity index (χ1n) is 9.64. The van der Waals surface area contributed by atoms with Crippen molar-refractivity contribution in [2.75, 3.05) is 6.61 Å². The molecule has 8 heteroatoms. The van der Waals surface area contributed by atoms with Gasteiger partial charge in [0.05, 0.1) is 22.5 Å². The number of hydrogen-bond donors (Lipinski definition) is 4. The second kappa shape index (κ2) is 9.36. The summed E-state index contributed by atoms with van der Waals surface area (Å²) in [4.78, 5) is 36.6. The maximum Gasteiger partial charge on any atom is 0.411 e. The van der Waals surface area contributed by atoms with E-state index in [0.717, 1.165) is 19.3 Å². The maximum atomic E-state index is 12.9. The smallest absolute Gasteiger partial charge is 0.411 e. The number of amides is 3. The van der Waals surface area contributed by atoms with E-state index in [1.807, 2.05) is 0 Å². The lowest BCUT2D eigenvalue weighted by Crippen LogP contribution is -2.36. The summed E-state index contributed by atoms with van der Waals surface area (Å²) in [6.07, 6.45) is 2.44. The van der Waals surface area contributed by atoms with E-state index in [9.17, 15) is 14.4 Å². The van der Waals surface area contributed by atoms with Crippen LogP contribution in [0.5, 0.6) is 0 Å². The Balaban J connectivity index is 2.45. The number of rotatable bonds is 7. The van der Waals surface area contributed by atoms with Gasteiger partial charge in [0, 0.05) is 11.1 Å². The van der Waals surface area contributed by atoms with Gasteiger partial charge in [-0.25, -0.2) is 4.79 Å². The first kappa shape index (κ1) is 22.1. The molecule has 1 heterocycles. The van der Waals surface area contributed by atoms with Crippen LogP contribution >= 0.6 is 0 Å². The third kappa shape index (κ3) is 5.43. The predicted octanol–water partition coefficient (Wildman–Crippen LogP) is 3.09. The molecule has 1 fully saturated rings. The van der Waals surface area contributed by atoms with E-state index in [1.165, 1.54) is 12.1 Å². The van der Waals surface area contributed by atoms with Gasteiger partial charge in [0.25, 0.3) is 5.91 Å². The lowest BCUT2D eigenvalue weighted by atomic mass is 9.85. The van der Waals surface area contributed by atoms with Crippen molar-refractivity contribution in [1.29, 1.82) is 5.41 Å². The first-order chi connectivity index (χ1) is 13.7. The Kier molecular flexibility index (Phi) is 7.14. The number of allylic oxidation sites excluding steroid dienone is 2. The number of unbranched alkanes of at least 4 members (excludes halogenated alkanes) is 2. The van der Waals surface area contributed by atoms with Crippen LogP contribution in [0.4, 0.5) is 4.79 Å². The van der Waals surface area contributed by atoms with Crippen LogP contribution < -0.4 is 16.4 Å². The monoisotopic (exact) mass is 400 g/mol. The minimum absolute atomic E-state index is 0.0574. The Labute approximate surface area is 170 Å². The van der Waals surface area contributed by atoms with Gasteiger partial charge < -0.3 is 21.2 Å². The molecular formula is C21H28N4O4. The summed E-state index contributed by atoms with van der Waals surface area (Å²) < 4.78 is 5.14. The number of nitrogens with one attached hydrogen (secondary N) is 3. The fourth-order valence-corrected chi connectivity index (χ4v) is 2.99. The molecule has 1 saturated heterocycles. The van der Waals surface area contributed by atoms with Crippen molar-refractivity contribution in [2.45, 2.75) is 46.5 Å². The number of benzene rings is 1. The Morgan fingerprint density at radius 1 is 1.24 bits per heavy atom. The Bertz CT molecular complexity index is 858. The van der Waals surface area contributed by atoms with Crippen LogP contribution in [0.25, 0.3) is 0 Å². The lowest BCUT2D eigenvalue weighted by molar-refractivity contribution is 0.0944. The van der Waals surface area contributed by atoms with E-state index in [0.29, 0.717) is 12.1 Å². The van der Waals surface area contributed by atoms with Gasteiger partial charge in [-0.3, -0.25) is 14.9 Å². The Hall–Kier alpha value is -3.16. The molecule has 8 nitrogen and oxygen atoms in total. The van der Waals surface area contributed by atoms with E-state index in [-0.39, 0.29) is 29.1 Å². The molecule has 0 unspecified atom stereocenters. The minimum Gasteiger partial charge on any atom is -0.448 e. The van der Waals surface area contributed by atoms with Crippen LogP contribution in [-0.4, -0.2) is 30.2 Å². The second-order valence-corrected chi connectivity index (χ2v) is 7.63. The van der Waals surface area contributed by atoms with Crippen molar-refractivity contribution in [3.05, 3.63) is 46.8 Å². The van der Waals surface area contributed by atoms with E-state index < -0.39 is 23.3 Å². The van der Waals surface area contributed by atoms with Gasteiger partial charge >= 0.3 is 6.09 Å². The molecule has 0 bridgehead atoms. The first-order valence-corrected chi connectivity index (χ1v) is 9.64. The maximum absolute atomic E-state index is 12.9. The van der Waals surface area contributed by atoms with Crippen LogP contribution in [0.2, 0.25) is 0 Å². The average molecular weight is 400 g/mol. The molecular weight excluding hydrogens is 372 g/mol. The zero-order valence-electron chi connectivity index (χ0n) is 17.1. The number of ether oxygens (including phenoxy) is 1. The average Bonchev–Trinajstić information content (AvgIpc) is 2.78. The molecule has 1 aliphatic heterocycles. The number of nitrogens with two attached hydrogens (primary N) is 1. The van der Waals surface area contributed by atoms with Gasteiger partial charge in [0.2, 0.25) is 5.91 Å². The molecule has 1 aromatic rings. The molecule has 29 heavy (non-hydrogen) atoms. The van der Waals surface area contributed by atoms with E-state index >= 15 is 0 Å². The number of primary amides is 1. The summed E-state index contributed by atoms with van der Waals surface area (Å²) in [7, 11) is 0. The van der Waals surface area contributed by atoms with Gasteiger partial charge in [-0.05, 0) is 25.0 Å². The van der Waals surface area contributed by atoms with Gasteiger partial charge in [-0.2, -0.15) is 0 Å². The molecule has 0 aromatic heterocycles. The van der Waals surface area contributed by atoms with Crippen LogP contribution in [0.3, 0.4) is 0 Å². The van der Waals surface area contributed by atoms with E-state index in [2.05, 4.69) is 17.6 Å². The standard InChI is InChI=1S/C21H28N4O4/c1-4-5-6-11-15(16-17(22)21(2,3)12-29-20(28)25-16)24-19(27)14-10-8-7-9-13(14)18(23)26/h7-10,22H,4-6,11-12H2,1-3H3,(H2,23,26)(H,24,27)(H,25,28). The van der Waals surface area contributed by atoms with Crippen molar-refractivity contribution < 1.29 is 19.1 Å². The molecule has 5 N–H and O–H groups in total. The number of hydrogen-bond acceptors (Lipinski definition) is 5. The van der Waals surface area contributed by atoms with Gasteiger partial charge in [0.1, 0.15) is 6.61 Å². The van der Waals surface area contributed by atoms with Gasteiger partial charge in [-0.15, -0.1) is 0 Å². The summed E-state index contributed by atoms with van der Waals surface area (Å²) in [5.41, 5.74) is 5.71. The van der Waals surface area contributed by atoms with Crippen molar-refractivity contribution in [3.63, 3.8) is 0 Å². The Morgan fingerprint density at radius 2 is 1.90 bits per heavy atom. The summed E-state index contributed by atoms with van der Waals surface area (Å²) in [5.74, 6) is -1.23. The molecule has 3 amide bonds. The van der Waals surface area contributed by atoms with Gasteiger partial charge in [-0.1, -0.05) is 45.7 Å². The molecule has 0 saturated carbocycles. The van der Waals surface area contributed by atoms with Crippen molar-refractivity contribution in [1.82, 2.24) is 10.6 Å². The topological polar surface area (TPSA) is 134 Å². The predicted molar refractivity (Wildman–Crippen MR) is 110 cm³/mol. The summed E-state index contributed by atoms with van der Waals surface area (Å²) in [6.45, 7) is 5.70. The van der Waals surface area contributed by atoms with Crippen LogP contribution in [0.1, 0.15) is 67.2 Å². The van der Waals surface area contributed by atoms with Crippen molar-refractivity contribution in [2.24, 2.45) is 11.1 Å². The molecule has 0 radical (unpaired) electrons. The van der Waals surface area contributed by atoms with Crippen LogP contribution in [0, 0.1) is 10.8 Å². The van der Waals surface area contributed by atoms with Crippen LogP contribution in [-0.2, 0) is 4.74 Å².